The second kappa shape index (κ2) is 23.6. The predicted molar refractivity (Wildman–Crippen MR) is 102 cm³/mol. The maximum Gasteiger partial charge on any atom is 0.0814 e. The number of nitrogens with zero attached hydrogens (tertiary/aromatic N) is 5. The summed E-state index contributed by atoms with van der Waals surface area (Å²) < 4.78 is 24.1. The van der Waals surface area contributed by atoms with Crippen LogP contribution in [0.1, 0.15) is 27.7 Å². The average Bonchev–Trinajstić information content (AvgIpc) is 2.67. The number of hydrogen-bond acceptors (Lipinski definition) is 11. The Morgan fingerprint density at radius 1 is 0.778 bits per heavy atom. The van der Waals surface area contributed by atoms with Crippen LogP contribution in [0.2, 0.25) is 0 Å². The van der Waals surface area contributed by atoms with Crippen molar-refractivity contribution < 1.29 is 30.1 Å². The summed E-state index contributed by atoms with van der Waals surface area (Å²) in [4.78, 5) is 3.78. The number of aromatic nitrogens is 1. The molecule has 0 aromatic carbocycles. The van der Waals surface area contributed by atoms with E-state index in [0.29, 0.717) is 0 Å². The van der Waals surface area contributed by atoms with Crippen LogP contribution in [-0.4, -0.2) is 41.1 Å². The van der Waals surface area contributed by atoms with E-state index in [1.165, 1.54) is 27.7 Å². The molecule has 0 aliphatic rings. The first-order chi connectivity index (χ1) is 12.2. The van der Waals surface area contributed by atoms with Gasteiger partial charge in [0.1, 0.15) is 0 Å². The van der Waals surface area contributed by atoms with Gasteiger partial charge in [0.2, 0.25) is 0 Å². The van der Waals surface area contributed by atoms with E-state index in [9.17, 15) is 20.8 Å². The van der Waals surface area contributed by atoms with Gasteiger partial charge in [0.05, 0.1) is 11.4 Å². The Labute approximate surface area is 169 Å². The fraction of sp³-hybridized carbons (Fsp3) is 0.308. The summed E-state index contributed by atoms with van der Waals surface area (Å²) in [7, 11) is 0. The first kappa shape index (κ1) is 32.3. The smallest absolute Gasteiger partial charge is 0.0814 e. The van der Waals surface area contributed by atoms with Gasteiger partial charge in [0.15, 0.2) is 0 Å². The minimum absolute atomic E-state index is 0. The molecule has 1 aromatic rings. The average molecular weight is 447 g/mol. The van der Waals surface area contributed by atoms with Gasteiger partial charge in [-0.2, -0.15) is 0 Å². The number of pyridine rings is 1. The van der Waals surface area contributed by atoms with Gasteiger partial charge in [-0.3, -0.25) is 4.98 Å². The van der Waals surface area contributed by atoms with E-state index < -0.39 is 11.4 Å². The number of rotatable bonds is 2. The van der Waals surface area contributed by atoms with Crippen molar-refractivity contribution in [2.75, 3.05) is 0 Å². The summed E-state index contributed by atoms with van der Waals surface area (Å²) in [6.45, 7) is 5.74. The van der Waals surface area contributed by atoms with Gasteiger partial charge in [0, 0.05) is 52.0 Å². The molecule has 14 heteroatoms. The van der Waals surface area contributed by atoms with Crippen LogP contribution in [0.5, 0.6) is 0 Å². The van der Waals surface area contributed by atoms with Crippen LogP contribution < -0.4 is 0 Å². The van der Waals surface area contributed by atoms with Crippen LogP contribution in [0.3, 0.4) is 0 Å². The molecule has 1 aromatic heterocycles. The summed E-state index contributed by atoms with van der Waals surface area (Å²) in [6.07, 6.45) is 3.50. The van der Waals surface area contributed by atoms with Gasteiger partial charge in [-0.25, -0.2) is 4.21 Å². The maximum absolute atomic E-state index is 9.60. The van der Waals surface area contributed by atoms with E-state index in [1.807, 2.05) is 18.2 Å². The molecule has 0 amide bonds. The molecule has 1 unspecified atom stereocenters. The summed E-state index contributed by atoms with van der Waals surface area (Å²) in [6, 6.07) is 5.72. The second-order valence-corrected chi connectivity index (χ2v) is 4.38. The molecule has 1 atom stereocenters. The minimum Gasteiger partial charge on any atom is -0.792 e. The molecule has 1 N–H and O–H groups in total. The maximum atomic E-state index is 9.60. The van der Waals surface area contributed by atoms with E-state index >= 15 is 0 Å². The zero-order chi connectivity index (χ0) is 21.0. The first-order valence-corrected chi connectivity index (χ1v) is 7.52. The first-order valence-electron chi connectivity index (χ1n) is 6.49. The fourth-order valence-electron chi connectivity index (χ4n) is 0.577. The van der Waals surface area contributed by atoms with Crippen molar-refractivity contribution in [2.45, 2.75) is 27.7 Å². The van der Waals surface area contributed by atoms with Gasteiger partial charge in [0.25, 0.3) is 0 Å². The van der Waals surface area contributed by atoms with Gasteiger partial charge in [-0.05, 0) is 39.8 Å². The van der Waals surface area contributed by atoms with Gasteiger partial charge >= 0.3 is 0 Å². The third-order valence-electron chi connectivity index (χ3n) is 2.16. The van der Waals surface area contributed by atoms with Crippen LogP contribution >= 0.6 is 0 Å². The van der Waals surface area contributed by atoms with E-state index in [-0.39, 0.29) is 39.6 Å². The van der Waals surface area contributed by atoms with Crippen molar-refractivity contribution in [1.82, 2.24) is 4.98 Å². The molecule has 0 saturated heterocycles. The summed E-state index contributed by atoms with van der Waals surface area (Å²) in [5.74, 6) is 0. The zero-order valence-corrected chi connectivity index (χ0v) is 16.6. The van der Waals surface area contributed by atoms with E-state index in [1.54, 1.807) is 12.4 Å². The van der Waals surface area contributed by atoms with Crippen molar-refractivity contribution in [3.05, 3.63) is 51.4 Å². The summed E-state index contributed by atoms with van der Waals surface area (Å²) in [5.41, 5.74) is 0.556. The Bertz CT molecular complexity index is 518. The van der Waals surface area contributed by atoms with Crippen LogP contribution in [0.25, 0.3) is 0 Å². The molecule has 1 heterocycles. The monoisotopic (exact) mass is 447 g/mol. The second-order valence-electron chi connectivity index (χ2n) is 3.95. The van der Waals surface area contributed by atoms with E-state index in [4.69, 9.17) is 13.3 Å². The minimum atomic E-state index is -2.86. The standard InChI is InChI=1S/C5H5N.2C4H8N2O2.Co.H2O3S/c1-2-4-6-5-3-1;2*1-3(5-7)4(2)6-8;;1-4(2)3/h1-5H;2*7-8H,1-2H3;;(H2,1,2,3)/p-5. The van der Waals surface area contributed by atoms with Crippen LogP contribution in [0.15, 0.2) is 51.2 Å². The molecule has 0 aliphatic heterocycles. The van der Waals surface area contributed by atoms with Crippen LogP contribution in [0.4, 0.5) is 0 Å². The van der Waals surface area contributed by atoms with Crippen LogP contribution in [0, 0.1) is 20.8 Å². The molecule has 1 rings (SSSR count). The molecule has 0 spiro atoms. The van der Waals surface area contributed by atoms with Crippen molar-refractivity contribution in [1.29, 1.82) is 0 Å². The molecular formula is C13H18CoN5O7S-5. The largest absolute Gasteiger partial charge is 0.792 e. The summed E-state index contributed by atoms with van der Waals surface area (Å²) >= 11 is -2.86. The Morgan fingerprint density at radius 2 is 1.00 bits per heavy atom. The van der Waals surface area contributed by atoms with E-state index in [0.717, 1.165) is 0 Å². The Balaban J connectivity index is -0.000000133. The summed E-state index contributed by atoms with van der Waals surface area (Å²) in [5, 5.41) is 48.4. The van der Waals surface area contributed by atoms with Crippen molar-refractivity contribution in [2.24, 2.45) is 20.6 Å². The molecular weight excluding hydrogens is 429 g/mol. The SMILES string of the molecule is CC(=N[O-])C(C)=N[O-].CC(=N[O-])C(C)=N[O-].O=S([O-])O.[Co].c1ccncc1. The van der Waals surface area contributed by atoms with Crippen molar-refractivity contribution >= 4 is 34.2 Å². The van der Waals surface area contributed by atoms with E-state index in [2.05, 4.69) is 25.6 Å². The Hall–Kier alpha value is -2.39. The number of hydrogen-bond donors (Lipinski definition) is 1. The van der Waals surface area contributed by atoms with Crippen LogP contribution in [-0.2, 0) is 28.1 Å². The van der Waals surface area contributed by atoms with Crippen molar-refractivity contribution in [3.63, 3.8) is 0 Å². The quantitative estimate of drug-likeness (QED) is 0.402. The normalized spacial score (nSPS) is 12.5. The Kier molecular flexibility index (Phi) is 28.2. The zero-order valence-electron chi connectivity index (χ0n) is 14.8. The van der Waals surface area contributed by atoms with Gasteiger partial charge < -0.3 is 50.6 Å². The molecule has 12 nitrogen and oxygen atoms in total. The molecule has 0 aliphatic carbocycles. The van der Waals surface area contributed by atoms with Crippen molar-refractivity contribution in [3.8, 4) is 0 Å². The molecule has 1 radical (unpaired) electrons. The predicted octanol–water partition coefficient (Wildman–Crippen LogP) is 2.23. The van der Waals surface area contributed by atoms with Gasteiger partial charge in [-0.15, -0.1) is 0 Å². The molecule has 0 fully saturated rings. The molecule has 157 valence electrons. The topological polar surface area (TPSA) is 215 Å². The Morgan fingerprint density at radius 3 is 1.07 bits per heavy atom. The molecule has 0 bridgehead atoms. The fourth-order valence-corrected chi connectivity index (χ4v) is 0.577. The third kappa shape index (κ3) is 28.7. The third-order valence-corrected chi connectivity index (χ3v) is 2.16. The molecule has 27 heavy (non-hydrogen) atoms. The molecule has 0 saturated carbocycles. The van der Waals surface area contributed by atoms with Gasteiger partial charge in [-0.1, -0.05) is 6.07 Å².